The number of hydrogen-bond donors (Lipinski definition) is 1. The molecule has 0 bridgehead atoms. The van der Waals surface area contributed by atoms with Crippen LogP contribution in [0.25, 0.3) is 0 Å². The van der Waals surface area contributed by atoms with Gasteiger partial charge in [0.05, 0.1) is 6.54 Å². The minimum atomic E-state index is -0.603. The summed E-state index contributed by atoms with van der Waals surface area (Å²) in [4.78, 5) is 13.8. The van der Waals surface area contributed by atoms with Crippen molar-refractivity contribution in [1.29, 1.82) is 0 Å². The number of nitro groups is 1. The van der Waals surface area contributed by atoms with E-state index in [1.165, 1.54) is 10.8 Å². The molecule has 2 heterocycles. The molecule has 16 heavy (non-hydrogen) atoms. The smallest absolute Gasteiger partial charge is 0.414 e. The average molecular weight is 225 g/mol. The summed E-state index contributed by atoms with van der Waals surface area (Å²) in [7, 11) is 0. The molecule has 2 atom stereocenters. The van der Waals surface area contributed by atoms with Gasteiger partial charge in [-0.15, -0.1) is 0 Å². The zero-order valence-corrected chi connectivity index (χ0v) is 8.44. The highest BCUT2D eigenvalue weighted by Gasteiger charge is 2.43. The maximum atomic E-state index is 10.5. The second kappa shape index (κ2) is 3.18. The molecule has 7 heteroatoms. The topological polar surface area (TPSA) is 90.4 Å². The summed E-state index contributed by atoms with van der Waals surface area (Å²) in [5.74, 6) is 0.137. The van der Waals surface area contributed by atoms with Crippen molar-refractivity contribution in [2.75, 3.05) is 0 Å². The van der Waals surface area contributed by atoms with Crippen LogP contribution in [0.5, 0.6) is 6.01 Å². The van der Waals surface area contributed by atoms with E-state index in [-0.39, 0.29) is 17.9 Å². The highest BCUT2D eigenvalue weighted by molar-refractivity contribution is 5.22. The summed E-state index contributed by atoms with van der Waals surface area (Å²) in [6.45, 7) is 0.317. The van der Waals surface area contributed by atoms with Gasteiger partial charge in [-0.05, 0) is 23.7 Å². The molecule has 1 saturated carbocycles. The third-order valence-corrected chi connectivity index (χ3v) is 3.01. The Morgan fingerprint density at radius 3 is 3.00 bits per heavy atom. The molecule has 1 N–H and O–H groups in total. The van der Waals surface area contributed by atoms with Gasteiger partial charge in [0.2, 0.25) is 0 Å². The Morgan fingerprint density at radius 1 is 1.62 bits per heavy atom. The molecule has 3 rings (SSSR count). The normalized spacial score (nSPS) is 28.3. The largest absolute Gasteiger partial charge is 0.439 e. The zero-order valence-electron chi connectivity index (χ0n) is 8.44. The van der Waals surface area contributed by atoms with Crippen molar-refractivity contribution in [3.63, 3.8) is 0 Å². The molecule has 7 nitrogen and oxygen atoms in total. The molecular weight excluding hydrogens is 214 g/mol. The summed E-state index contributed by atoms with van der Waals surface area (Å²) in [5.41, 5.74) is 0. The first-order valence-corrected chi connectivity index (χ1v) is 5.21. The minimum Gasteiger partial charge on any atom is -0.439 e. The van der Waals surface area contributed by atoms with Crippen molar-refractivity contribution in [3.8, 4) is 6.01 Å². The quantitative estimate of drug-likeness (QED) is 0.578. The van der Waals surface area contributed by atoms with Gasteiger partial charge in [-0.2, -0.15) is 0 Å². The van der Waals surface area contributed by atoms with E-state index in [1.54, 1.807) is 0 Å². The Kier molecular flexibility index (Phi) is 1.90. The van der Waals surface area contributed by atoms with E-state index in [9.17, 15) is 15.2 Å². The first-order valence-electron chi connectivity index (χ1n) is 5.21. The third kappa shape index (κ3) is 1.44. The number of imidazole rings is 1. The fourth-order valence-corrected chi connectivity index (χ4v) is 2.04. The van der Waals surface area contributed by atoms with Gasteiger partial charge in [0.1, 0.15) is 18.4 Å². The van der Waals surface area contributed by atoms with E-state index in [2.05, 4.69) is 4.98 Å². The van der Waals surface area contributed by atoms with E-state index in [0.29, 0.717) is 12.5 Å². The van der Waals surface area contributed by atoms with Crippen molar-refractivity contribution in [2.24, 2.45) is 5.92 Å². The average Bonchev–Trinajstić information content (AvgIpc) is 2.97. The molecule has 1 aromatic heterocycles. The summed E-state index contributed by atoms with van der Waals surface area (Å²) >= 11 is 0. The Hall–Kier alpha value is -1.63. The molecule has 0 radical (unpaired) electrons. The lowest BCUT2D eigenvalue weighted by molar-refractivity contribution is -0.389. The molecule has 86 valence electrons. The first kappa shape index (κ1) is 9.59. The van der Waals surface area contributed by atoms with Gasteiger partial charge in [0.15, 0.2) is 0 Å². The van der Waals surface area contributed by atoms with E-state index < -0.39 is 11.0 Å². The van der Waals surface area contributed by atoms with Gasteiger partial charge in [0.25, 0.3) is 0 Å². The second-order valence-corrected chi connectivity index (χ2v) is 4.28. The van der Waals surface area contributed by atoms with Gasteiger partial charge >= 0.3 is 11.8 Å². The van der Waals surface area contributed by atoms with Crippen molar-refractivity contribution >= 4 is 5.82 Å². The van der Waals surface area contributed by atoms with Crippen LogP contribution in [0.3, 0.4) is 0 Å². The molecule has 0 aromatic carbocycles. The van der Waals surface area contributed by atoms with Gasteiger partial charge in [-0.1, -0.05) is 0 Å². The highest BCUT2D eigenvalue weighted by atomic mass is 16.6. The lowest BCUT2D eigenvalue weighted by Crippen LogP contribution is -2.41. The van der Waals surface area contributed by atoms with Crippen LogP contribution in [-0.4, -0.2) is 31.8 Å². The Morgan fingerprint density at radius 2 is 2.38 bits per heavy atom. The fraction of sp³-hybridized carbons (Fsp3) is 0.667. The van der Waals surface area contributed by atoms with E-state index >= 15 is 0 Å². The molecule has 1 aliphatic carbocycles. The van der Waals surface area contributed by atoms with Crippen LogP contribution in [-0.2, 0) is 6.54 Å². The number of hydrogen-bond acceptors (Lipinski definition) is 5. The monoisotopic (exact) mass is 225 g/mol. The standard InChI is InChI=1S/C9H11N3O4/c13-6-3-11-4-7(12(14)15)10-9(11)16-8(6)5-1-2-5/h4-6,8,13H,1-3H2/t6-,8+/m1/s1. The molecule has 1 aliphatic heterocycles. The van der Waals surface area contributed by atoms with Crippen LogP contribution >= 0.6 is 0 Å². The Bertz CT molecular complexity index is 440. The van der Waals surface area contributed by atoms with E-state index in [4.69, 9.17) is 4.74 Å². The first-order chi connectivity index (χ1) is 7.65. The summed E-state index contributed by atoms with van der Waals surface area (Å²) in [5, 5.41) is 20.4. The zero-order chi connectivity index (χ0) is 11.3. The summed E-state index contributed by atoms with van der Waals surface area (Å²) in [6.07, 6.45) is 2.53. The molecular formula is C9H11N3O4. The summed E-state index contributed by atoms with van der Waals surface area (Å²) < 4.78 is 6.98. The molecule has 0 amide bonds. The van der Waals surface area contributed by atoms with Crippen molar-refractivity contribution in [1.82, 2.24) is 9.55 Å². The van der Waals surface area contributed by atoms with Gasteiger partial charge in [0, 0.05) is 4.98 Å². The SMILES string of the molecule is O=[N+]([O-])c1cn2c(n1)O[C@@H](C1CC1)[C@H](O)C2. The van der Waals surface area contributed by atoms with Crippen molar-refractivity contribution < 1.29 is 14.8 Å². The number of aliphatic hydroxyl groups excluding tert-OH is 1. The Balaban J connectivity index is 1.89. The Labute approximate surface area is 90.8 Å². The van der Waals surface area contributed by atoms with Crippen molar-refractivity contribution in [2.45, 2.75) is 31.6 Å². The highest BCUT2D eigenvalue weighted by Crippen LogP contribution is 2.38. The van der Waals surface area contributed by atoms with Crippen molar-refractivity contribution in [3.05, 3.63) is 16.3 Å². The predicted octanol–water partition coefficient (Wildman–Crippen LogP) is 0.323. The third-order valence-electron chi connectivity index (χ3n) is 3.01. The molecule has 0 spiro atoms. The number of fused-ring (bicyclic) bond motifs is 1. The molecule has 1 aromatic rings. The second-order valence-electron chi connectivity index (χ2n) is 4.28. The van der Waals surface area contributed by atoms with Crippen LogP contribution in [0.15, 0.2) is 6.20 Å². The van der Waals surface area contributed by atoms with Crippen LogP contribution in [0, 0.1) is 16.0 Å². The van der Waals surface area contributed by atoms with Crippen LogP contribution < -0.4 is 4.74 Å². The lowest BCUT2D eigenvalue weighted by Gasteiger charge is -2.27. The van der Waals surface area contributed by atoms with Crippen LogP contribution in [0.4, 0.5) is 5.82 Å². The maximum absolute atomic E-state index is 10.5. The van der Waals surface area contributed by atoms with Crippen LogP contribution in [0.1, 0.15) is 12.8 Å². The van der Waals surface area contributed by atoms with Crippen LogP contribution in [0.2, 0.25) is 0 Å². The van der Waals surface area contributed by atoms with Gasteiger partial charge < -0.3 is 20.0 Å². The number of rotatable bonds is 2. The lowest BCUT2D eigenvalue weighted by atomic mass is 10.1. The maximum Gasteiger partial charge on any atom is 0.414 e. The van der Waals surface area contributed by atoms with Gasteiger partial charge in [-0.3, -0.25) is 4.57 Å². The number of aromatic nitrogens is 2. The van der Waals surface area contributed by atoms with E-state index in [0.717, 1.165) is 12.8 Å². The number of aliphatic hydroxyl groups is 1. The fourth-order valence-electron chi connectivity index (χ4n) is 2.04. The van der Waals surface area contributed by atoms with Gasteiger partial charge in [-0.25, -0.2) is 0 Å². The number of nitrogens with zero attached hydrogens (tertiary/aromatic N) is 3. The molecule has 0 unspecified atom stereocenters. The summed E-state index contributed by atoms with van der Waals surface area (Å²) in [6, 6.07) is 0.244. The molecule has 0 saturated heterocycles. The minimum absolute atomic E-state index is 0.237. The van der Waals surface area contributed by atoms with E-state index in [1.807, 2.05) is 0 Å². The predicted molar refractivity (Wildman–Crippen MR) is 52.0 cm³/mol. The number of ether oxygens (including phenoxy) is 1. The molecule has 1 fully saturated rings. The molecule has 2 aliphatic rings.